The van der Waals surface area contributed by atoms with E-state index in [0.717, 1.165) is 49.9 Å². The van der Waals surface area contributed by atoms with Crippen LogP contribution in [0.3, 0.4) is 0 Å². The van der Waals surface area contributed by atoms with Crippen LogP contribution in [-0.4, -0.2) is 33.3 Å². The Labute approximate surface area is 224 Å². The Hall–Kier alpha value is -1.20. The number of aliphatic hydroxyl groups is 1. The minimum atomic E-state index is -1.16. The van der Waals surface area contributed by atoms with E-state index < -0.39 is 11.8 Å². The highest BCUT2D eigenvalue weighted by Crippen LogP contribution is 2.69. The van der Waals surface area contributed by atoms with Gasteiger partial charge < -0.3 is 15.4 Å². The van der Waals surface area contributed by atoms with Crippen molar-refractivity contribution < 1.29 is 9.50 Å². The predicted octanol–water partition coefficient (Wildman–Crippen LogP) is 7.53. The van der Waals surface area contributed by atoms with E-state index in [4.69, 9.17) is 0 Å². The Morgan fingerprint density at radius 2 is 2.00 bits per heavy atom. The van der Waals surface area contributed by atoms with Crippen LogP contribution in [0.5, 0.6) is 0 Å². The molecule has 1 aromatic heterocycles. The monoisotopic (exact) mass is 513 g/mol. The molecule has 4 fully saturated rings. The maximum Gasteiger partial charge on any atom is 0.156 e. The number of aromatic amines is 1. The number of aromatic nitrogens is 2. The van der Waals surface area contributed by atoms with E-state index >= 15 is 4.39 Å². The van der Waals surface area contributed by atoms with Crippen molar-refractivity contribution in [3.63, 3.8) is 0 Å². The number of nitrogens with one attached hydrogen (secondary N) is 2. The molecule has 208 valence electrons. The van der Waals surface area contributed by atoms with Gasteiger partial charge in [-0.3, -0.25) is 0 Å². The standard InChI is InChI=1S/C32H52FN3O/c1-21(2)9-8-10-22(3)24-11-12-25-23-17-29(35-18-27(33)28-19-34-20-36-28)32(37)15-7-6-14-31(32,5)26(23)13-16-30(24,25)4/h19-20,22-27,29,35,37H,1,6-18H2,2-5H3,(H,34,36)/t22?,23-,24+,25-,26-,27?,29+,30+,31+,32-/m0/s1. The van der Waals surface area contributed by atoms with E-state index in [1.54, 1.807) is 6.20 Å². The summed E-state index contributed by atoms with van der Waals surface area (Å²) in [6.45, 7) is 14.0. The van der Waals surface area contributed by atoms with Crippen LogP contribution >= 0.6 is 0 Å². The van der Waals surface area contributed by atoms with Gasteiger partial charge in [-0.25, -0.2) is 9.37 Å². The maximum absolute atomic E-state index is 15.0. The van der Waals surface area contributed by atoms with E-state index in [2.05, 4.69) is 49.6 Å². The quantitative estimate of drug-likeness (QED) is 0.299. The fourth-order valence-electron chi connectivity index (χ4n) is 10.3. The summed E-state index contributed by atoms with van der Waals surface area (Å²) in [6.07, 6.45) is 16.2. The summed E-state index contributed by atoms with van der Waals surface area (Å²) < 4.78 is 15.0. The van der Waals surface area contributed by atoms with Crippen molar-refractivity contribution in [2.45, 2.75) is 123 Å². The van der Waals surface area contributed by atoms with Gasteiger partial charge in [0.05, 0.1) is 17.6 Å². The molecule has 10 atom stereocenters. The Kier molecular flexibility index (Phi) is 7.70. The third-order valence-corrected chi connectivity index (χ3v) is 12.2. The molecular weight excluding hydrogens is 461 g/mol. The fourth-order valence-corrected chi connectivity index (χ4v) is 10.3. The molecule has 4 saturated carbocycles. The number of halogens is 1. The molecule has 5 heteroatoms. The second-order valence-corrected chi connectivity index (χ2v) is 14.1. The first-order valence-electron chi connectivity index (χ1n) is 15.3. The molecule has 0 saturated heterocycles. The molecule has 5 rings (SSSR count). The summed E-state index contributed by atoms with van der Waals surface area (Å²) in [5, 5.41) is 16.0. The molecule has 0 spiro atoms. The number of imidazole rings is 1. The number of rotatable bonds is 9. The normalized spacial score (nSPS) is 42.9. The highest BCUT2D eigenvalue weighted by atomic mass is 19.1. The van der Waals surface area contributed by atoms with Gasteiger partial charge in [-0.2, -0.15) is 0 Å². The number of fused-ring (bicyclic) bond motifs is 5. The largest absolute Gasteiger partial charge is 0.388 e. The predicted molar refractivity (Wildman–Crippen MR) is 149 cm³/mol. The first-order valence-corrected chi connectivity index (χ1v) is 15.3. The minimum Gasteiger partial charge on any atom is -0.388 e. The molecule has 0 aromatic carbocycles. The molecule has 3 N–H and O–H groups in total. The molecule has 4 aliphatic carbocycles. The number of hydrogen-bond acceptors (Lipinski definition) is 3. The van der Waals surface area contributed by atoms with Gasteiger partial charge in [0.15, 0.2) is 6.17 Å². The summed E-state index contributed by atoms with van der Waals surface area (Å²) in [5.41, 5.74) is 1.31. The molecule has 1 heterocycles. The van der Waals surface area contributed by atoms with Crippen molar-refractivity contribution in [3.05, 3.63) is 30.4 Å². The molecule has 0 amide bonds. The molecule has 1 aromatic rings. The van der Waals surface area contributed by atoms with Crippen molar-refractivity contribution in [3.8, 4) is 0 Å². The number of alkyl halides is 1. The van der Waals surface area contributed by atoms with Crippen molar-refractivity contribution in [2.75, 3.05) is 6.54 Å². The van der Waals surface area contributed by atoms with Gasteiger partial charge in [0, 0.05) is 24.2 Å². The van der Waals surface area contributed by atoms with E-state index in [1.165, 1.54) is 56.8 Å². The van der Waals surface area contributed by atoms with Crippen LogP contribution in [0.15, 0.2) is 24.7 Å². The van der Waals surface area contributed by atoms with Gasteiger partial charge >= 0.3 is 0 Å². The molecule has 0 bridgehead atoms. The zero-order valence-electron chi connectivity index (χ0n) is 23.9. The first-order chi connectivity index (χ1) is 17.6. The summed E-state index contributed by atoms with van der Waals surface area (Å²) in [6, 6.07) is -0.0503. The fraction of sp³-hybridized carbons (Fsp3) is 0.844. The summed E-state index contributed by atoms with van der Waals surface area (Å²) >= 11 is 0. The van der Waals surface area contributed by atoms with Crippen molar-refractivity contribution in [2.24, 2.45) is 40.4 Å². The molecule has 0 aliphatic heterocycles. The van der Waals surface area contributed by atoms with Crippen LogP contribution in [0, 0.1) is 40.4 Å². The number of hydrogen-bond donors (Lipinski definition) is 3. The zero-order chi connectivity index (χ0) is 26.4. The summed E-state index contributed by atoms with van der Waals surface area (Å²) in [5.74, 6) is 3.48. The van der Waals surface area contributed by atoms with Crippen LogP contribution in [0.1, 0.15) is 117 Å². The number of nitrogens with zero attached hydrogens (tertiary/aromatic N) is 1. The minimum absolute atomic E-state index is 0.0503. The molecule has 4 nitrogen and oxygen atoms in total. The van der Waals surface area contributed by atoms with Gasteiger partial charge in [-0.1, -0.05) is 45.6 Å². The summed E-state index contributed by atoms with van der Waals surface area (Å²) in [7, 11) is 0. The van der Waals surface area contributed by atoms with Crippen molar-refractivity contribution >= 4 is 0 Å². The third kappa shape index (κ3) is 4.64. The van der Waals surface area contributed by atoms with E-state index in [9.17, 15) is 5.11 Å². The van der Waals surface area contributed by atoms with Crippen LogP contribution in [0.4, 0.5) is 4.39 Å². The average molecular weight is 514 g/mol. The van der Waals surface area contributed by atoms with Gasteiger partial charge in [-0.15, -0.1) is 6.58 Å². The van der Waals surface area contributed by atoms with Gasteiger partial charge in [0.1, 0.15) is 0 Å². The lowest BCUT2D eigenvalue weighted by Crippen LogP contribution is -2.70. The lowest BCUT2D eigenvalue weighted by atomic mass is 9.42. The van der Waals surface area contributed by atoms with Crippen molar-refractivity contribution in [1.29, 1.82) is 0 Å². The van der Waals surface area contributed by atoms with Crippen molar-refractivity contribution in [1.82, 2.24) is 15.3 Å². The topological polar surface area (TPSA) is 60.9 Å². The molecule has 37 heavy (non-hydrogen) atoms. The smallest absolute Gasteiger partial charge is 0.156 e. The second-order valence-electron chi connectivity index (χ2n) is 14.1. The average Bonchev–Trinajstić information content (AvgIpc) is 3.51. The Morgan fingerprint density at radius 1 is 1.22 bits per heavy atom. The van der Waals surface area contributed by atoms with E-state index in [0.29, 0.717) is 22.9 Å². The van der Waals surface area contributed by atoms with Crippen LogP contribution < -0.4 is 5.32 Å². The highest BCUT2D eigenvalue weighted by Gasteiger charge is 2.66. The van der Waals surface area contributed by atoms with Crippen LogP contribution in [0.25, 0.3) is 0 Å². The first kappa shape index (κ1) is 27.4. The summed E-state index contributed by atoms with van der Waals surface area (Å²) in [4.78, 5) is 7.00. The molecular formula is C32H52FN3O. The molecule has 2 unspecified atom stereocenters. The third-order valence-electron chi connectivity index (χ3n) is 12.2. The SMILES string of the molecule is C=C(C)CCCC(C)[C@H]1CC[C@H]2[C@@H]3C[C@@H](NCC(F)c4c[nH]cn4)[C@@]4(O)CCCC[C@]4(C)[C@H]3CC[C@]12C. The Balaban J connectivity index is 1.36. The Morgan fingerprint density at radius 3 is 2.73 bits per heavy atom. The van der Waals surface area contributed by atoms with E-state index in [1.807, 2.05) is 0 Å². The maximum atomic E-state index is 15.0. The van der Waals surface area contributed by atoms with Gasteiger partial charge in [0.2, 0.25) is 0 Å². The van der Waals surface area contributed by atoms with Crippen LogP contribution in [0.2, 0.25) is 0 Å². The van der Waals surface area contributed by atoms with E-state index in [-0.39, 0.29) is 18.0 Å². The second kappa shape index (κ2) is 10.4. The van der Waals surface area contributed by atoms with Crippen LogP contribution in [-0.2, 0) is 0 Å². The number of allylic oxidation sites excluding steroid dienone is 1. The molecule has 0 radical (unpaired) electrons. The zero-order valence-corrected chi connectivity index (χ0v) is 23.9. The molecule has 4 aliphatic rings. The Bertz CT molecular complexity index is 934. The lowest BCUT2D eigenvalue weighted by Gasteiger charge is -2.66. The van der Waals surface area contributed by atoms with Gasteiger partial charge in [-0.05, 0) is 99.7 Å². The number of H-pyrrole nitrogens is 1. The van der Waals surface area contributed by atoms with Gasteiger partial charge in [0.25, 0.3) is 0 Å². The highest BCUT2D eigenvalue weighted by molar-refractivity contribution is 5.18. The lowest BCUT2D eigenvalue weighted by molar-refractivity contribution is -0.220.